The van der Waals surface area contributed by atoms with Gasteiger partial charge in [-0.2, -0.15) is 0 Å². The van der Waals surface area contributed by atoms with Gasteiger partial charge in [-0.05, 0) is 51.1 Å². The molecule has 2 aliphatic carbocycles. The van der Waals surface area contributed by atoms with Gasteiger partial charge in [0.05, 0.1) is 0 Å². The van der Waals surface area contributed by atoms with Crippen molar-refractivity contribution < 1.29 is 4.39 Å². The lowest BCUT2D eigenvalue weighted by Crippen LogP contribution is -2.67. The van der Waals surface area contributed by atoms with Gasteiger partial charge in [0, 0.05) is 31.1 Å². The minimum absolute atomic E-state index is 0.439. The fourth-order valence-corrected chi connectivity index (χ4v) is 5.58. The zero-order valence-corrected chi connectivity index (χ0v) is 17.7. The first kappa shape index (κ1) is 21.9. The molecule has 2 spiro atoms. The highest BCUT2D eigenvalue weighted by atomic mass is 19.1. The molecule has 2 nitrogen and oxygen atoms in total. The number of hydrogen-bond acceptors (Lipinski definition) is 2. The topological polar surface area (TPSA) is 6.48 Å². The average molecular weight is 343 g/mol. The monoisotopic (exact) mass is 342 g/mol. The van der Waals surface area contributed by atoms with Crippen LogP contribution in [0.4, 0.5) is 4.39 Å². The van der Waals surface area contributed by atoms with Gasteiger partial charge in [-0.3, -0.25) is 0 Å². The Balaban J connectivity index is 0.000000202. The van der Waals surface area contributed by atoms with E-state index in [0.29, 0.717) is 5.41 Å². The molecule has 0 aromatic carbocycles. The molecule has 0 radical (unpaired) electrons. The molecule has 24 heavy (non-hydrogen) atoms. The second-order valence-electron chi connectivity index (χ2n) is 8.50. The molecular formula is C21H43FN2. The minimum Gasteiger partial charge on any atom is -0.305 e. The molecule has 0 bridgehead atoms. The van der Waals surface area contributed by atoms with E-state index in [1.54, 1.807) is 0 Å². The maximum atomic E-state index is 12.3. The molecule has 0 N–H and O–H groups in total. The molecule has 0 amide bonds. The molecule has 2 saturated heterocycles. The molecule has 2 aliphatic heterocycles. The van der Waals surface area contributed by atoms with Crippen LogP contribution in [0.1, 0.15) is 73.6 Å². The Morgan fingerprint density at radius 2 is 1.42 bits per heavy atom. The van der Waals surface area contributed by atoms with Crippen molar-refractivity contribution in [3.05, 3.63) is 0 Å². The molecule has 1 atom stereocenters. The van der Waals surface area contributed by atoms with Crippen molar-refractivity contribution in [1.29, 1.82) is 0 Å². The lowest BCUT2D eigenvalue weighted by atomic mass is 9.56. The molecule has 0 aromatic rings. The molecule has 2 saturated carbocycles. The minimum atomic E-state index is -0.473. The van der Waals surface area contributed by atoms with E-state index in [9.17, 15) is 4.39 Å². The van der Waals surface area contributed by atoms with Crippen LogP contribution in [0.15, 0.2) is 0 Å². The van der Waals surface area contributed by atoms with Crippen LogP contribution in [0.2, 0.25) is 0 Å². The highest BCUT2D eigenvalue weighted by Gasteiger charge is 2.54. The van der Waals surface area contributed by atoms with Crippen molar-refractivity contribution in [3.8, 4) is 0 Å². The van der Waals surface area contributed by atoms with Crippen molar-refractivity contribution in [2.75, 3.05) is 33.7 Å². The number of likely N-dealkylation sites (tertiary alicyclic amines) is 2. The lowest BCUT2D eigenvalue weighted by Gasteiger charge is -2.63. The quantitative estimate of drug-likeness (QED) is 0.644. The summed E-state index contributed by atoms with van der Waals surface area (Å²) in [4.78, 5) is 4.79. The average Bonchev–Trinajstić information content (AvgIpc) is 2.43. The second-order valence-corrected chi connectivity index (χ2v) is 8.50. The van der Waals surface area contributed by atoms with Crippen molar-refractivity contribution >= 4 is 0 Å². The predicted molar refractivity (Wildman–Crippen MR) is 104 cm³/mol. The molecule has 3 heteroatoms. The van der Waals surface area contributed by atoms with Crippen LogP contribution >= 0.6 is 0 Å². The summed E-state index contributed by atoms with van der Waals surface area (Å²) in [6.45, 7) is 16.4. The third-order valence-electron chi connectivity index (χ3n) is 6.17. The zero-order valence-electron chi connectivity index (χ0n) is 17.7. The summed E-state index contributed by atoms with van der Waals surface area (Å²) in [5.74, 6) is 0.856. The first-order valence-corrected chi connectivity index (χ1v) is 10.4. The maximum absolute atomic E-state index is 12.3. The van der Waals surface area contributed by atoms with Gasteiger partial charge < -0.3 is 9.80 Å². The van der Waals surface area contributed by atoms with E-state index < -0.39 is 6.17 Å². The second kappa shape index (κ2) is 8.98. The first-order valence-electron chi connectivity index (χ1n) is 10.4. The molecule has 0 aromatic heterocycles. The van der Waals surface area contributed by atoms with E-state index in [-0.39, 0.29) is 0 Å². The van der Waals surface area contributed by atoms with E-state index in [4.69, 9.17) is 0 Å². The first-order chi connectivity index (χ1) is 11.4. The lowest BCUT2D eigenvalue weighted by molar-refractivity contribution is -0.130. The molecule has 4 aliphatic rings. The summed E-state index contributed by atoms with van der Waals surface area (Å²) in [6.07, 6.45) is 5.67. The van der Waals surface area contributed by atoms with Gasteiger partial charge in [0.25, 0.3) is 0 Å². The summed E-state index contributed by atoms with van der Waals surface area (Å²) < 4.78 is 12.3. The normalized spacial score (nSPS) is 29.5. The molecule has 4 rings (SSSR count). The number of rotatable bonds is 1. The van der Waals surface area contributed by atoms with Gasteiger partial charge in [-0.25, -0.2) is 4.39 Å². The smallest absolute Gasteiger partial charge is 0.101 e. The summed E-state index contributed by atoms with van der Waals surface area (Å²) in [7, 11) is 4.37. The van der Waals surface area contributed by atoms with E-state index in [2.05, 4.69) is 37.7 Å². The van der Waals surface area contributed by atoms with Crippen LogP contribution in [0.5, 0.6) is 0 Å². The molecule has 2 heterocycles. The Labute approximate surface area is 151 Å². The van der Waals surface area contributed by atoms with Crippen LogP contribution < -0.4 is 0 Å². The number of alkyl halides is 1. The molecule has 1 unspecified atom stereocenters. The summed E-state index contributed by atoms with van der Waals surface area (Å²) in [6, 6.07) is 0.899. The maximum Gasteiger partial charge on any atom is 0.101 e. The Hall–Kier alpha value is -0.150. The van der Waals surface area contributed by atoms with Gasteiger partial charge in [0.2, 0.25) is 0 Å². The third kappa shape index (κ3) is 4.33. The summed E-state index contributed by atoms with van der Waals surface area (Å²) >= 11 is 0. The highest BCUT2D eigenvalue weighted by Crippen LogP contribution is 2.54. The predicted octanol–water partition coefficient (Wildman–Crippen LogP) is 5.23. The molecule has 144 valence electrons. The standard InChI is InChI=1S/C10H19N.C7H12FN.2C2H6/c1-8(2)9-10(5-4-6-10)7-11(9)3;1-9-4-7(5-9)2-6(8)3-7;2*1-2/h8-9H,4-7H2,1-3H3;6H,2-5H2,1H3;2*1-2H3. The number of halogens is 1. The van der Waals surface area contributed by atoms with E-state index in [1.807, 2.05) is 27.7 Å². The summed E-state index contributed by atoms with van der Waals surface area (Å²) in [5, 5.41) is 0. The SMILES string of the molecule is CC.CC.CC(C)C1N(C)CC12CCC2.CN1CC2(CC(F)C2)C1. The summed E-state index contributed by atoms with van der Waals surface area (Å²) in [5.41, 5.74) is 1.22. The van der Waals surface area contributed by atoms with Gasteiger partial charge in [0.1, 0.15) is 6.17 Å². The van der Waals surface area contributed by atoms with Crippen LogP contribution in [0.25, 0.3) is 0 Å². The van der Waals surface area contributed by atoms with E-state index in [0.717, 1.165) is 43.3 Å². The van der Waals surface area contributed by atoms with Gasteiger partial charge in [-0.15, -0.1) is 0 Å². The van der Waals surface area contributed by atoms with Gasteiger partial charge in [-0.1, -0.05) is 48.0 Å². The van der Waals surface area contributed by atoms with Gasteiger partial charge in [0.15, 0.2) is 0 Å². The fourth-order valence-electron chi connectivity index (χ4n) is 5.58. The Bertz CT molecular complexity index is 329. The largest absolute Gasteiger partial charge is 0.305 e. The Morgan fingerprint density at radius 1 is 0.917 bits per heavy atom. The third-order valence-corrected chi connectivity index (χ3v) is 6.17. The van der Waals surface area contributed by atoms with E-state index >= 15 is 0 Å². The fraction of sp³-hybridized carbons (Fsp3) is 1.00. The van der Waals surface area contributed by atoms with Gasteiger partial charge >= 0.3 is 0 Å². The molecule has 4 fully saturated rings. The van der Waals surface area contributed by atoms with Crippen LogP contribution in [-0.4, -0.2) is 55.7 Å². The molecular weight excluding hydrogens is 299 g/mol. The zero-order chi connectivity index (χ0) is 18.5. The van der Waals surface area contributed by atoms with Crippen LogP contribution in [-0.2, 0) is 0 Å². The highest BCUT2D eigenvalue weighted by molar-refractivity contribution is 5.08. The Morgan fingerprint density at radius 3 is 1.62 bits per heavy atom. The number of hydrogen-bond donors (Lipinski definition) is 0. The van der Waals surface area contributed by atoms with Crippen LogP contribution in [0.3, 0.4) is 0 Å². The number of nitrogens with zero attached hydrogens (tertiary/aromatic N) is 2. The van der Waals surface area contributed by atoms with E-state index in [1.165, 1.54) is 25.8 Å². The Kier molecular flexibility index (Phi) is 8.19. The van der Waals surface area contributed by atoms with Crippen molar-refractivity contribution in [2.24, 2.45) is 16.7 Å². The van der Waals surface area contributed by atoms with Crippen molar-refractivity contribution in [2.45, 2.75) is 85.9 Å². The van der Waals surface area contributed by atoms with Crippen molar-refractivity contribution in [1.82, 2.24) is 9.80 Å². The van der Waals surface area contributed by atoms with Crippen molar-refractivity contribution in [3.63, 3.8) is 0 Å². The van der Waals surface area contributed by atoms with Crippen LogP contribution in [0, 0.1) is 16.7 Å².